The van der Waals surface area contributed by atoms with Crippen molar-refractivity contribution >= 4 is 28.7 Å². The number of aromatic nitrogens is 4. The summed E-state index contributed by atoms with van der Waals surface area (Å²) in [5.74, 6) is 0.621. The fraction of sp³-hybridized carbons (Fsp3) is 0.333. The standard InChI is InChI=1S/C27H28N8O/c1-16(2)33-13-22-10-21(33)14-34(22)20-6-4-19(5-7-20)32-25-26-30-15-31-35(26)24(12-28-25)17-3-8-23-18(9-17)11-29-27(23)36/h3-9,12,15-16,21-22H,10-11,13-14H2,1-2H3,(H,28,32)(H,29,36)/t21-,22-/m1/s1. The fourth-order valence-corrected chi connectivity index (χ4v) is 6.01. The van der Waals surface area contributed by atoms with Crippen LogP contribution in [0.15, 0.2) is 55.0 Å². The summed E-state index contributed by atoms with van der Waals surface area (Å²) in [6.07, 6.45) is 4.60. The van der Waals surface area contributed by atoms with Gasteiger partial charge in [0, 0.05) is 60.3 Å². The van der Waals surface area contributed by atoms with Crippen molar-refractivity contribution in [3.8, 4) is 11.3 Å². The van der Waals surface area contributed by atoms with Gasteiger partial charge in [-0.15, -0.1) is 0 Å². The molecule has 182 valence electrons. The van der Waals surface area contributed by atoms with Crippen LogP contribution in [0.2, 0.25) is 0 Å². The number of likely N-dealkylation sites (tertiary alicyclic amines) is 1. The summed E-state index contributed by atoms with van der Waals surface area (Å²) in [4.78, 5) is 26.2. The van der Waals surface area contributed by atoms with E-state index >= 15 is 0 Å². The van der Waals surface area contributed by atoms with E-state index in [9.17, 15) is 4.79 Å². The van der Waals surface area contributed by atoms with E-state index < -0.39 is 0 Å². The SMILES string of the molecule is CC(C)N1C[C@H]2C[C@@H]1CN2c1ccc(Nc2ncc(-c3ccc4c(c3)CNC4=O)n3ncnc23)cc1. The maximum atomic E-state index is 11.9. The Balaban J connectivity index is 1.12. The first-order valence-corrected chi connectivity index (χ1v) is 12.5. The molecule has 0 aliphatic carbocycles. The van der Waals surface area contributed by atoms with Gasteiger partial charge >= 0.3 is 0 Å². The number of rotatable bonds is 5. The average Bonchev–Trinajstić information content (AvgIpc) is 3.68. The molecule has 3 aliphatic heterocycles. The molecule has 2 fully saturated rings. The zero-order valence-corrected chi connectivity index (χ0v) is 20.3. The van der Waals surface area contributed by atoms with E-state index in [4.69, 9.17) is 0 Å². The van der Waals surface area contributed by atoms with E-state index in [2.05, 4.69) is 73.6 Å². The van der Waals surface area contributed by atoms with Gasteiger partial charge in [-0.2, -0.15) is 5.10 Å². The maximum Gasteiger partial charge on any atom is 0.251 e. The highest BCUT2D eigenvalue weighted by atomic mass is 16.1. The zero-order valence-electron chi connectivity index (χ0n) is 20.3. The van der Waals surface area contributed by atoms with Crippen molar-refractivity contribution in [3.63, 3.8) is 0 Å². The van der Waals surface area contributed by atoms with Crippen molar-refractivity contribution < 1.29 is 4.79 Å². The molecule has 7 rings (SSSR count). The number of carbonyl (C=O) groups is 1. The first-order chi connectivity index (χ1) is 17.5. The molecule has 2 aromatic carbocycles. The predicted molar refractivity (Wildman–Crippen MR) is 138 cm³/mol. The monoisotopic (exact) mass is 480 g/mol. The van der Waals surface area contributed by atoms with Gasteiger partial charge in [0.25, 0.3) is 5.91 Å². The van der Waals surface area contributed by atoms with Crippen LogP contribution in [0.25, 0.3) is 16.9 Å². The second-order valence-corrected chi connectivity index (χ2v) is 10.2. The zero-order chi connectivity index (χ0) is 24.4. The molecule has 9 heteroatoms. The summed E-state index contributed by atoms with van der Waals surface area (Å²) < 4.78 is 1.79. The van der Waals surface area contributed by atoms with Gasteiger partial charge in [0.05, 0.1) is 11.9 Å². The third-order valence-electron chi connectivity index (χ3n) is 7.80. The first kappa shape index (κ1) is 21.3. The van der Waals surface area contributed by atoms with Crippen LogP contribution >= 0.6 is 0 Å². The second-order valence-electron chi connectivity index (χ2n) is 10.2. The molecule has 0 unspecified atom stereocenters. The van der Waals surface area contributed by atoms with Crippen molar-refractivity contribution in [2.75, 3.05) is 23.3 Å². The Kier molecular flexibility index (Phi) is 4.75. The lowest BCUT2D eigenvalue weighted by Crippen LogP contribution is -2.48. The Labute approximate surface area is 209 Å². The molecular weight excluding hydrogens is 452 g/mol. The van der Waals surface area contributed by atoms with Gasteiger partial charge in [0.15, 0.2) is 11.5 Å². The van der Waals surface area contributed by atoms with Crippen LogP contribution < -0.4 is 15.5 Å². The lowest BCUT2D eigenvalue weighted by molar-refractivity contribution is 0.0965. The summed E-state index contributed by atoms with van der Waals surface area (Å²) >= 11 is 0. The van der Waals surface area contributed by atoms with Crippen LogP contribution in [0.4, 0.5) is 17.2 Å². The lowest BCUT2D eigenvalue weighted by atomic mass is 10.0. The molecule has 2 aromatic heterocycles. The molecule has 2 saturated heterocycles. The molecule has 3 aliphatic rings. The smallest absolute Gasteiger partial charge is 0.251 e. The largest absolute Gasteiger partial charge is 0.366 e. The van der Waals surface area contributed by atoms with Crippen LogP contribution in [-0.2, 0) is 6.54 Å². The molecule has 0 radical (unpaired) electrons. The molecule has 0 saturated carbocycles. The highest BCUT2D eigenvalue weighted by Gasteiger charge is 2.43. The van der Waals surface area contributed by atoms with Gasteiger partial charge in [0.1, 0.15) is 6.33 Å². The Morgan fingerprint density at radius 2 is 1.92 bits per heavy atom. The number of nitrogens with zero attached hydrogens (tertiary/aromatic N) is 6. The number of benzene rings is 2. The number of hydrogen-bond acceptors (Lipinski definition) is 7. The number of piperazine rings is 1. The van der Waals surface area contributed by atoms with Crippen LogP contribution in [0, 0.1) is 0 Å². The van der Waals surface area contributed by atoms with E-state index in [-0.39, 0.29) is 5.91 Å². The van der Waals surface area contributed by atoms with Gasteiger partial charge in [-0.25, -0.2) is 14.5 Å². The predicted octanol–water partition coefficient (Wildman–Crippen LogP) is 3.45. The maximum absolute atomic E-state index is 11.9. The molecule has 5 heterocycles. The lowest BCUT2D eigenvalue weighted by Gasteiger charge is -2.37. The minimum absolute atomic E-state index is 0.0269. The van der Waals surface area contributed by atoms with Gasteiger partial charge in [-0.1, -0.05) is 6.07 Å². The minimum Gasteiger partial charge on any atom is -0.366 e. The van der Waals surface area contributed by atoms with Gasteiger partial charge in [0.2, 0.25) is 0 Å². The van der Waals surface area contributed by atoms with Gasteiger partial charge in [-0.05, 0) is 62.2 Å². The Morgan fingerprint density at radius 1 is 1.06 bits per heavy atom. The number of anilines is 3. The van der Waals surface area contributed by atoms with Crippen molar-refractivity contribution in [2.45, 2.75) is 44.9 Å². The van der Waals surface area contributed by atoms with Crippen molar-refractivity contribution in [2.24, 2.45) is 0 Å². The highest BCUT2D eigenvalue weighted by Crippen LogP contribution is 2.36. The van der Waals surface area contributed by atoms with E-state index in [0.717, 1.165) is 41.2 Å². The van der Waals surface area contributed by atoms with Gasteiger partial charge in [-0.3, -0.25) is 9.69 Å². The van der Waals surface area contributed by atoms with E-state index in [1.165, 1.54) is 18.4 Å². The number of carbonyl (C=O) groups excluding carboxylic acids is 1. The van der Waals surface area contributed by atoms with E-state index in [1.807, 2.05) is 18.2 Å². The normalized spacial score (nSPS) is 21.0. The first-order valence-electron chi connectivity index (χ1n) is 12.5. The molecule has 2 bridgehead atoms. The second kappa shape index (κ2) is 8.03. The molecule has 36 heavy (non-hydrogen) atoms. The third kappa shape index (κ3) is 3.34. The summed E-state index contributed by atoms with van der Waals surface area (Å²) in [5.41, 5.74) is 6.36. The molecule has 2 N–H and O–H groups in total. The van der Waals surface area contributed by atoms with E-state index in [1.54, 1.807) is 10.7 Å². The van der Waals surface area contributed by atoms with Gasteiger partial charge < -0.3 is 15.5 Å². The van der Waals surface area contributed by atoms with Crippen LogP contribution in [0.3, 0.4) is 0 Å². The highest BCUT2D eigenvalue weighted by molar-refractivity contribution is 5.98. The van der Waals surface area contributed by atoms with E-state index in [0.29, 0.717) is 36.1 Å². The summed E-state index contributed by atoms with van der Waals surface area (Å²) in [6.45, 7) is 7.39. The van der Waals surface area contributed by atoms with Crippen LogP contribution in [0.5, 0.6) is 0 Å². The third-order valence-corrected chi connectivity index (χ3v) is 7.80. The molecule has 9 nitrogen and oxygen atoms in total. The number of fused-ring (bicyclic) bond motifs is 4. The average molecular weight is 481 g/mol. The van der Waals surface area contributed by atoms with Crippen LogP contribution in [0.1, 0.15) is 36.2 Å². The quantitative estimate of drug-likeness (QED) is 0.452. The Morgan fingerprint density at radius 3 is 2.69 bits per heavy atom. The summed E-state index contributed by atoms with van der Waals surface area (Å²) in [7, 11) is 0. The number of hydrogen-bond donors (Lipinski definition) is 2. The molecule has 4 aromatic rings. The minimum atomic E-state index is -0.0269. The summed E-state index contributed by atoms with van der Waals surface area (Å²) in [5, 5.41) is 10.7. The fourth-order valence-electron chi connectivity index (χ4n) is 6.01. The Hall–Kier alpha value is -3.98. The Bertz CT molecular complexity index is 1480. The summed E-state index contributed by atoms with van der Waals surface area (Å²) in [6, 6.07) is 16.3. The van der Waals surface area contributed by atoms with Crippen molar-refractivity contribution in [1.82, 2.24) is 29.8 Å². The van der Waals surface area contributed by atoms with Crippen LogP contribution in [-0.4, -0.2) is 61.6 Å². The number of nitrogens with one attached hydrogen (secondary N) is 2. The van der Waals surface area contributed by atoms with Crippen molar-refractivity contribution in [3.05, 3.63) is 66.1 Å². The van der Waals surface area contributed by atoms with Crippen molar-refractivity contribution in [1.29, 1.82) is 0 Å². The topological polar surface area (TPSA) is 90.7 Å². The molecule has 1 amide bonds. The molecule has 2 atom stereocenters. The number of amides is 1. The molecule has 0 spiro atoms. The molecular formula is C27H28N8O.